The number of hydrogen-bond donors (Lipinski definition) is 2. The Morgan fingerprint density at radius 2 is 2.06 bits per heavy atom. The van der Waals surface area contributed by atoms with Crippen molar-refractivity contribution < 1.29 is 13.5 Å². The van der Waals surface area contributed by atoms with Crippen molar-refractivity contribution in [2.75, 3.05) is 0 Å². The first-order valence-corrected chi connectivity index (χ1v) is 8.41. The second kappa shape index (κ2) is 6.34. The molecule has 0 spiro atoms. The van der Waals surface area contributed by atoms with Gasteiger partial charge in [-0.2, -0.15) is 0 Å². The van der Waals surface area contributed by atoms with Gasteiger partial charge < -0.3 is 5.11 Å². The minimum Gasteiger partial charge on any atom is -0.392 e. The lowest BCUT2D eigenvalue weighted by molar-refractivity contribution is 0.128. The molecule has 104 valence electrons. The van der Waals surface area contributed by atoms with Crippen LogP contribution in [0, 0.1) is 5.92 Å². The number of hydrogen-bond acceptors (Lipinski definition) is 4. The summed E-state index contributed by atoms with van der Waals surface area (Å²) in [6.07, 6.45) is 0.0358. The molecule has 7 heteroatoms. The first kappa shape index (κ1) is 15.9. The summed E-state index contributed by atoms with van der Waals surface area (Å²) in [6, 6.07) is 2.51. The summed E-state index contributed by atoms with van der Waals surface area (Å²) >= 11 is 6.73. The Morgan fingerprint density at radius 1 is 1.44 bits per heavy atom. The zero-order valence-corrected chi connectivity index (χ0v) is 12.9. The van der Waals surface area contributed by atoms with Crippen molar-refractivity contribution in [1.82, 2.24) is 4.72 Å². The second-order valence-corrected chi connectivity index (χ2v) is 7.99. The zero-order valence-electron chi connectivity index (χ0n) is 10.6. The van der Waals surface area contributed by atoms with Crippen LogP contribution in [0.4, 0.5) is 0 Å². The van der Waals surface area contributed by atoms with Crippen molar-refractivity contribution in [3.63, 3.8) is 0 Å². The Morgan fingerprint density at radius 3 is 2.44 bits per heavy atom. The predicted octanol–water partition coefficient (Wildman–Crippen LogP) is 2.48. The maximum Gasteiger partial charge on any atom is 0.250 e. The molecule has 0 saturated carbocycles. The van der Waals surface area contributed by atoms with E-state index >= 15 is 0 Å². The van der Waals surface area contributed by atoms with E-state index in [-0.39, 0.29) is 10.1 Å². The van der Waals surface area contributed by atoms with E-state index in [0.29, 0.717) is 4.34 Å². The van der Waals surface area contributed by atoms with Crippen molar-refractivity contribution in [1.29, 1.82) is 0 Å². The molecule has 0 fully saturated rings. The number of aliphatic hydroxyl groups is 1. The van der Waals surface area contributed by atoms with E-state index in [1.807, 2.05) is 13.8 Å². The van der Waals surface area contributed by atoms with Crippen LogP contribution < -0.4 is 4.72 Å². The fourth-order valence-corrected chi connectivity index (χ4v) is 4.54. The molecule has 18 heavy (non-hydrogen) atoms. The highest BCUT2D eigenvalue weighted by molar-refractivity contribution is 7.91. The first-order chi connectivity index (χ1) is 8.27. The Hall–Kier alpha value is -0.140. The summed E-state index contributed by atoms with van der Waals surface area (Å²) in [4.78, 5) is 0. The molecule has 0 radical (unpaired) electrons. The van der Waals surface area contributed by atoms with Gasteiger partial charge in [0, 0.05) is 0 Å². The molecule has 1 aromatic heterocycles. The molecular formula is C11H18ClNO3S2. The molecule has 0 bridgehead atoms. The standard InChI is InChI=1S/C11H18ClNO3S2/c1-4-7(2)11(8(3)14)13-18(15,16)10-6-5-9(12)17-10/h5-8,11,13-14H,4H2,1-3H3/t7-,8+,11-/m0/s1. The smallest absolute Gasteiger partial charge is 0.250 e. The van der Waals surface area contributed by atoms with Crippen LogP contribution in [0.3, 0.4) is 0 Å². The summed E-state index contributed by atoms with van der Waals surface area (Å²) in [6.45, 7) is 5.44. The van der Waals surface area contributed by atoms with Crippen molar-refractivity contribution in [3.05, 3.63) is 16.5 Å². The molecule has 0 aliphatic rings. The van der Waals surface area contributed by atoms with Gasteiger partial charge in [0.15, 0.2) is 0 Å². The first-order valence-electron chi connectivity index (χ1n) is 5.73. The van der Waals surface area contributed by atoms with Crippen molar-refractivity contribution >= 4 is 33.0 Å². The van der Waals surface area contributed by atoms with Crippen LogP contribution in [0.15, 0.2) is 16.3 Å². The van der Waals surface area contributed by atoms with E-state index < -0.39 is 22.2 Å². The van der Waals surface area contributed by atoms with Crippen LogP contribution in [-0.2, 0) is 10.0 Å². The molecule has 0 amide bonds. The minimum absolute atomic E-state index is 0.0511. The maximum absolute atomic E-state index is 12.1. The summed E-state index contributed by atoms with van der Waals surface area (Å²) < 4.78 is 27.4. The lowest BCUT2D eigenvalue weighted by Gasteiger charge is -2.26. The lowest BCUT2D eigenvalue weighted by atomic mass is 9.96. The predicted molar refractivity (Wildman–Crippen MR) is 74.6 cm³/mol. The van der Waals surface area contributed by atoms with Crippen molar-refractivity contribution in [2.45, 2.75) is 43.5 Å². The second-order valence-electron chi connectivity index (χ2n) is 4.33. The number of sulfonamides is 1. The highest BCUT2D eigenvalue weighted by atomic mass is 35.5. The SMILES string of the molecule is CC[C@H](C)[C@H](NS(=O)(=O)c1ccc(Cl)s1)[C@@H](C)O. The van der Waals surface area contributed by atoms with Crippen LogP contribution in [-0.4, -0.2) is 25.7 Å². The molecule has 0 aliphatic carbocycles. The molecule has 1 heterocycles. The van der Waals surface area contributed by atoms with Crippen LogP contribution in [0.1, 0.15) is 27.2 Å². The third-order valence-electron chi connectivity index (χ3n) is 2.88. The largest absolute Gasteiger partial charge is 0.392 e. The molecule has 1 aromatic rings. The highest BCUT2D eigenvalue weighted by Crippen LogP contribution is 2.26. The molecule has 0 aromatic carbocycles. The van der Waals surface area contributed by atoms with E-state index in [4.69, 9.17) is 11.6 Å². The zero-order chi connectivity index (χ0) is 13.9. The van der Waals surface area contributed by atoms with Gasteiger partial charge in [0.25, 0.3) is 0 Å². The molecule has 0 unspecified atom stereocenters. The number of rotatable bonds is 6. The summed E-state index contributed by atoms with van der Waals surface area (Å²) in [5.41, 5.74) is 0. The summed E-state index contributed by atoms with van der Waals surface area (Å²) in [5.74, 6) is 0.0511. The van der Waals surface area contributed by atoms with E-state index in [9.17, 15) is 13.5 Å². The number of nitrogens with one attached hydrogen (secondary N) is 1. The van der Waals surface area contributed by atoms with Gasteiger partial charge in [-0.15, -0.1) is 11.3 Å². The Labute approximate surface area is 117 Å². The van der Waals surface area contributed by atoms with Gasteiger partial charge in [0.1, 0.15) is 4.21 Å². The fourth-order valence-electron chi connectivity index (χ4n) is 1.62. The number of halogens is 1. The van der Waals surface area contributed by atoms with Gasteiger partial charge in [-0.3, -0.25) is 0 Å². The molecular weight excluding hydrogens is 294 g/mol. The van der Waals surface area contributed by atoms with Gasteiger partial charge in [0.05, 0.1) is 16.5 Å². The topological polar surface area (TPSA) is 66.4 Å². The van der Waals surface area contributed by atoms with Gasteiger partial charge in [-0.25, -0.2) is 13.1 Å². The Kier molecular flexibility index (Phi) is 5.61. The van der Waals surface area contributed by atoms with Crippen molar-refractivity contribution in [2.24, 2.45) is 5.92 Å². The third-order valence-corrected chi connectivity index (χ3v) is 6.06. The quantitative estimate of drug-likeness (QED) is 0.848. The highest BCUT2D eigenvalue weighted by Gasteiger charge is 2.28. The van der Waals surface area contributed by atoms with Crippen LogP contribution in [0.2, 0.25) is 4.34 Å². The average molecular weight is 312 g/mol. The molecule has 1 rings (SSSR count). The number of aliphatic hydroxyl groups excluding tert-OH is 1. The molecule has 4 nitrogen and oxygen atoms in total. The van der Waals surface area contributed by atoms with Gasteiger partial charge in [-0.05, 0) is 25.0 Å². The lowest BCUT2D eigenvalue weighted by Crippen LogP contribution is -2.45. The summed E-state index contributed by atoms with van der Waals surface area (Å²) in [7, 11) is -3.61. The normalized spacial score (nSPS) is 17.4. The summed E-state index contributed by atoms with van der Waals surface area (Å²) in [5, 5.41) is 9.68. The van der Waals surface area contributed by atoms with Crippen molar-refractivity contribution in [3.8, 4) is 0 Å². The Balaban J connectivity index is 2.93. The molecule has 3 atom stereocenters. The average Bonchev–Trinajstić information content (AvgIpc) is 2.72. The van der Waals surface area contributed by atoms with E-state index in [2.05, 4.69) is 4.72 Å². The van der Waals surface area contributed by atoms with Crippen LogP contribution >= 0.6 is 22.9 Å². The maximum atomic E-state index is 12.1. The molecule has 0 aliphatic heterocycles. The minimum atomic E-state index is -3.61. The number of thiophene rings is 1. The Bertz CT molecular complexity index is 484. The third kappa shape index (κ3) is 3.93. The van der Waals surface area contributed by atoms with E-state index in [0.717, 1.165) is 17.8 Å². The fraction of sp³-hybridized carbons (Fsp3) is 0.636. The molecule has 2 N–H and O–H groups in total. The van der Waals surface area contributed by atoms with Crippen LogP contribution in [0.25, 0.3) is 0 Å². The molecule has 0 saturated heterocycles. The van der Waals surface area contributed by atoms with Gasteiger partial charge in [0.2, 0.25) is 10.0 Å². The van der Waals surface area contributed by atoms with Gasteiger partial charge >= 0.3 is 0 Å². The van der Waals surface area contributed by atoms with E-state index in [1.54, 1.807) is 13.0 Å². The monoisotopic (exact) mass is 311 g/mol. The van der Waals surface area contributed by atoms with Gasteiger partial charge in [-0.1, -0.05) is 31.9 Å². The van der Waals surface area contributed by atoms with E-state index in [1.165, 1.54) is 6.07 Å². The van der Waals surface area contributed by atoms with Crippen LogP contribution in [0.5, 0.6) is 0 Å².